The van der Waals surface area contributed by atoms with Crippen LogP contribution in [0.2, 0.25) is 0 Å². The minimum Gasteiger partial charge on any atom is -0.463 e. The summed E-state index contributed by atoms with van der Waals surface area (Å²) in [6.45, 7) is 3.70. The molecule has 0 aliphatic carbocycles. The van der Waals surface area contributed by atoms with Gasteiger partial charge in [0.1, 0.15) is 13.2 Å². The van der Waals surface area contributed by atoms with Crippen molar-refractivity contribution in [1.29, 1.82) is 0 Å². The summed E-state index contributed by atoms with van der Waals surface area (Å²) in [7, 11) is 0. The summed E-state index contributed by atoms with van der Waals surface area (Å²) in [5.41, 5.74) is 0. The summed E-state index contributed by atoms with van der Waals surface area (Å²) in [5, 5.41) is 8.21. The molecule has 0 radical (unpaired) electrons. The van der Waals surface area contributed by atoms with Crippen LogP contribution in [0, 0.1) is 0 Å². The van der Waals surface area contributed by atoms with Crippen LogP contribution < -0.4 is 0 Å². The molecule has 0 saturated heterocycles. The molecule has 106 valence electrons. The molecule has 1 N–H and O–H groups in total. The number of ether oxygens (including phenoxy) is 2. The SMILES string of the molecule is CCCC(=O)OCC=O.CCCC(=O)OCCO. The predicted molar refractivity (Wildman–Crippen MR) is 64.9 cm³/mol. The third kappa shape index (κ3) is 17.0. The maximum absolute atomic E-state index is 10.5. The summed E-state index contributed by atoms with van der Waals surface area (Å²) >= 11 is 0. The van der Waals surface area contributed by atoms with E-state index < -0.39 is 0 Å². The first-order valence-electron chi connectivity index (χ1n) is 5.98. The molecule has 0 unspecified atom stereocenters. The largest absolute Gasteiger partial charge is 0.463 e. The van der Waals surface area contributed by atoms with Gasteiger partial charge in [-0.1, -0.05) is 13.8 Å². The van der Waals surface area contributed by atoms with Crippen LogP contribution in [-0.4, -0.2) is 43.2 Å². The van der Waals surface area contributed by atoms with Crippen molar-refractivity contribution in [2.45, 2.75) is 39.5 Å². The molecular formula is C12H22O6. The minimum atomic E-state index is -0.301. The molecule has 0 atom stereocenters. The van der Waals surface area contributed by atoms with Gasteiger partial charge in [-0.15, -0.1) is 0 Å². The van der Waals surface area contributed by atoms with Gasteiger partial charge >= 0.3 is 11.9 Å². The molecule has 0 aromatic carbocycles. The second-order valence-corrected chi connectivity index (χ2v) is 3.29. The Morgan fingerprint density at radius 1 is 1.06 bits per heavy atom. The smallest absolute Gasteiger partial charge is 0.306 e. The quantitative estimate of drug-likeness (QED) is 0.515. The Labute approximate surface area is 107 Å². The molecule has 0 aromatic rings. The Hall–Kier alpha value is -1.43. The normalized spacial score (nSPS) is 8.83. The molecule has 0 saturated carbocycles. The van der Waals surface area contributed by atoms with Gasteiger partial charge in [0.25, 0.3) is 0 Å². The van der Waals surface area contributed by atoms with Crippen LogP contribution in [0.25, 0.3) is 0 Å². The van der Waals surface area contributed by atoms with E-state index in [-0.39, 0.29) is 31.8 Å². The fourth-order valence-electron chi connectivity index (χ4n) is 0.839. The van der Waals surface area contributed by atoms with Crippen LogP contribution in [0.1, 0.15) is 39.5 Å². The molecule has 0 aliphatic rings. The van der Waals surface area contributed by atoms with Crippen LogP contribution in [0.4, 0.5) is 0 Å². The van der Waals surface area contributed by atoms with E-state index in [1.165, 1.54) is 0 Å². The molecule has 0 aromatic heterocycles. The van der Waals surface area contributed by atoms with Gasteiger partial charge in [-0.05, 0) is 12.8 Å². The molecule has 18 heavy (non-hydrogen) atoms. The second-order valence-electron chi connectivity index (χ2n) is 3.29. The highest BCUT2D eigenvalue weighted by Gasteiger charge is 1.97. The van der Waals surface area contributed by atoms with Crippen molar-refractivity contribution in [2.24, 2.45) is 0 Å². The Morgan fingerprint density at radius 3 is 1.94 bits per heavy atom. The highest BCUT2D eigenvalue weighted by atomic mass is 16.5. The van der Waals surface area contributed by atoms with Gasteiger partial charge in [-0.2, -0.15) is 0 Å². The number of hydrogen-bond donors (Lipinski definition) is 1. The summed E-state index contributed by atoms with van der Waals surface area (Å²) in [4.78, 5) is 30.5. The van der Waals surface area contributed by atoms with Crippen LogP contribution in [0.5, 0.6) is 0 Å². The molecular weight excluding hydrogens is 240 g/mol. The van der Waals surface area contributed by atoms with E-state index in [4.69, 9.17) is 5.11 Å². The molecule has 6 heteroatoms. The van der Waals surface area contributed by atoms with E-state index >= 15 is 0 Å². The maximum Gasteiger partial charge on any atom is 0.306 e. The number of aliphatic hydroxyl groups is 1. The summed E-state index contributed by atoms with van der Waals surface area (Å²) in [6, 6.07) is 0. The molecule has 0 rings (SSSR count). The molecule has 0 aliphatic heterocycles. The molecule has 0 amide bonds. The third-order valence-electron chi connectivity index (χ3n) is 1.57. The van der Waals surface area contributed by atoms with Gasteiger partial charge in [-0.25, -0.2) is 0 Å². The van der Waals surface area contributed by atoms with Crippen LogP contribution >= 0.6 is 0 Å². The number of aldehydes is 1. The highest BCUT2D eigenvalue weighted by Crippen LogP contribution is 1.89. The lowest BCUT2D eigenvalue weighted by atomic mass is 10.3. The fourth-order valence-corrected chi connectivity index (χ4v) is 0.839. The third-order valence-corrected chi connectivity index (χ3v) is 1.57. The van der Waals surface area contributed by atoms with Crippen molar-refractivity contribution in [3.63, 3.8) is 0 Å². The first kappa shape index (κ1) is 18.9. The molecule has 0 bridgehead atoms. The minimum absolute atomic E-state index is 0.0878. The van der Waals surface area contributed by atoms with E-state index in [9.17, 15) is 14.4 Å². The van der Waals surface area contributed by atoms with Crippen molar-refractivity contribution in [2.75, 3.05) is 19.8 Å². The maximum atomic E-state index is 10.5. The monoisotopic (exact) mass is 262 g/mol. The zero-order valence-corrected chi connectivity index (χ0v) is 11.0. The summed E-state index contributed by atoms with van der Waals surface area (Å²) < 4.78 is 8.97. The van der Waals surface area contributed by atoms with Crippen LogP contribution in [0.3, 0.4) is 0 Å². The predicted octanol–water partition coefficient (Wildman–Crippen LogP) is 0.851. The Bertz CT molecular complexity index is 227. The summed E-state index contributed by atoms with van der Waals surface area (Å²) in [6.07, 6.45) is 2.96. The zero-order valence-electron chi connectivity index (χ0n) is 11.0. The van der Waals surface area contributed by atoms with Gasteiger partial charge in [0.05, 0.1) is 6.61 Å². The Morgan fingerprint density at radius 2 is 1.56 bits per heavy atom. The van der Waals surface area contributed by atoms with E-state index in [2.05, 4.69) is 9.47 Å². The van der Waals surface area contributed by atoms with E-state index in [0.717, 1.165) is 12.8 Å². The zero-order chi connectivity index (χ0) is 14.2. The van der Waals surface area contributed by atoms with Crippen molar-refractivity contribution in [3.05, 3.63) is 0 Å². The molecule has 6 nitrogen and oxygen atoms in total. The average molecular weight is 262 g/mol. The van der Waals surface area contributed by atoms with Gasteiger partial charge in [0.15, 0.2) is 6.29 Å². The standard InChI is InChI=1S/C6H12O3.C6H10O3/c2*1-2-3-6(8)9-5-4-7/h7H,2-5H2,1H3;4H,2-3,5H2,1H3. The lowest BCUT2D eigenvalue weighted by Crippen LogP contribution is -2.07. The Balaban J connectivity index is 0. The summed E-state index contributed by atoms with van der Waals surface area (Å²) in [5.74, 6) is -0.531. The second kappa shape index (κ2) is 15.6. The Kier molecular flexibility index (Phi) is 16.4. The highest BCUT2D eigenvalue weighted by molar-refractivity contribution is 5.71. The van der Waals surface area contributed by atoms with Gasteiger partial charge in [0.2, 0.25) is 0 Å². The first-order chi connectivity index (χ1) is 8.62. The number of hydrogen-bond acceptors (Lipinski definition) is 6. The van der Waals surface area contributed by atoms with Gasteiger partial charge in [-0.3, -0.25) is 14.4 Å². The van der Waals surface area contributed by atoms with Crippen molar-refractivity contribution in [1.82, 2.24) is 0 Å². The van der Waals surface area contributed by atoms with Crippen molar-refractivity contribution in [3.8, 4) is 0 Å². The first-order valence-corrected chi connectivity index (χ1v) is 5.98. The van der Waals surface area contributed by atoms with E-state index in [1.54, 1.807) is 0 Å². The average Bonchev–Trinajstić information content (AvgIpc) is 2.35. The molecule has 0 spiro atoms. The number of esters is 2. The van der Waals surface area contributed by atoms with Crippen LogP contribution in [0.15, 0.2) is 0 Å². The van der Waals surface area contributed by atoms with Gasteiger partial charge in [0, 0.05) is 12.8 Å². The lowest BCUT2D eigenvalue weighted by Gasteiger charge is -1.98. The molecule has 0 fully saturated rings. The topological polar surface area (TPSA) is 89.9 Å². The lowest BCUT2D eigenvalue weighted by molar-refractivity contribution is -0.145. The van der Waals surface area contributed by atoms with Crippen LogP contribution in [-0.2, 0) is 23.9 Å². The van der Waals surface area contributed by atoms with Crippen molar-refractivity contribution < 1.29 is 29.0 Å². The number of carbonyl (C=O) groups is 3. The van der Waals surface area contributed by atoms with Gasteiger partial charge < -0.3 is 14.6 Å². The van der Waals surface area contributed by atoms with E-state index in [1.807, 2.05) is 13.8 Å². The number of carbonyl (C=O) groups excluding carboxylic acids is 3. The van der Waals surface area contributed by atoms with Crippen molar-refractivity contribution >= 4 is 18.2 Å². The van der Waals surface area contributed by atoms with E-state index in [0.29, 0.717) is 19.1 Å². The fraction of sp³-hybridized carbons (Fsp3) is 0.750. The molecule has 0 heterocycles. The number of rotatable bonds is 8. The number of aliphatic hydroxyl groups excluding tert-OH is 1.